The van der Waals surface area contributed by atoms with Crippen LogP contribution in [0.3, 0.4) is 0 Å². The maximum Gasteiger partial charge on any atom is 0.453 e. The minimum absolute atomic E-state index is 0.0231. The first-order valence-electron chi connectivity index (χ1n) is 14.1. The first kappa shape index (κ1) is 49.7. The zero-order chi connectivity index (χ0) is 39.1. The van der Waals surface area contributed by atoms with E-state index in [1.54, 1.807) is 0 Å². The number of alkyl halides is 15. The van der Waals surface area contributed by atoms with Crippen LogP contribution in [0, 0.1) is 0 Å². The van der Waals surface area contributed by atoms with E-state index in [9.17, 15) is 65.9 Å². The summed E-state index contributed by atoms with van der Waals surface area (Å²) in [6, 6.07) is 0. The molecule has 1 fully saturated rings. The summed E-state index contributed by atoms with van der Waals surface area (Å²) >= 11 is 0. The molecule has 1 rings (SSSR count). The molecule has 0 aliphatic carbocycles. The van der Waals surface area contributed by atoms with Crippen LogP contribution in [0.25, 0.3) is 0 Å². The van der Waals surface area contributed by atoms with Crippen molar-refractivity contribution >= 4 is 0 Å². The second-order valence-electron chi connectivity index (χ2n) is 11.1. The topological polar surface area (TPSA) is 118 Å². The standard InChI is InChI=1S/C12H18F6O3.C10H13F9O2.C4H10O3/c1-10(13,14)6-12(17,18)7-11(15,16)3-2-8-5-20-9(4-19)21-8;11-7(12,2-1-6(21)3-20)4-8(13,14)5-9(15,16)10(17,18)19;1-6-4(3-5)7-2/h8-9,19H,2-7H2,1H3;6,20-21H,1-5H2;4-5H,3H2,1-2H3. The lowest BCUT2D eigenvalue weighted by Gasteiger charge is -2.28. The van der Waals surface area contributed by atoms with Crippen molar-refractivity contribution in [2.75, 3.05) is 40.6 Å². The third-order valence-corrected chi connectivity index (χ3v) is 6.02. The second-order valence-corrected chi connectivity index (χ2v) is 11.1. The summed E-state index contributed by atoms with van der Waals surface area (Å²) in [5, 5.41) is 34.1. The van der Waals surface area contributed by atoms with Crippen LogP contribution in [0.5, 0.6) is 0 Å². The fraction of sp³-hybridized carbons (Fsp3) is 1.00. The van der Waals surface area contributed by atoms with Crippen molar-refractivity contribution in [1.29, 1.82) is 0 Å². The Morgan fingerprint density at radius 3 is 1.49 bits per heavy atom. The van der Waals surface area contributed by atoms with Crippen LogP contribution in [0.4, 0.5) is 65.9 Å². The van der Waals surface area contributed by atoms with E-state index < -0.39 is 125 Å². The molecule has 0 aromatic rings. The summed E-state index contributed by atoms with van der Waals surface area (Å²) in [5.41, 5.74) is 0. The van der Waals surface area contributed by atoms with E-state index in [-0.39, 0.29) is 26.6 Å². The smallest absolute Gasteiger partial charge is 0.394 e. The number of hydrogen-bond acceptors (Lipinski definition) is 8. The average molecular weight is 767 g/mol. The molecule has 0 aromatic heterocycles. The molecule has 0 aromatic carbocycles. The Hall–Kier alpha value is -1.37. The van der Waals surface area contributed by atoms with Crippen LogP contribution in [0.2, 0.25) is 0 Å². The van der Waals surface area contributed by atoms with Crippen LogP contribution in [-0.4, -0.2) is 128 Å². The molecular formula is C26H41F15O8. The predicted molar refractivity (Wildman–Crippen MR) is 138 cm³/mol. The molecule has 0 amide bonds. The summed E-state index contributed by atoms with van der Waals surface area (Å²) < 4.78 is 210. The summed E-state index contributed by atoms with van der Waals surface area (Å²) in [6.45, 7) is -1.20. The van der Waals surface area contributed by atoms with E-state index in [4.69, 9.17) is 29.9 Å². The maximum atomic E-state index is 13.5. The van der Waals surface area contributed by atoms with Gasteiger partial charge in [0.1, 0.15) is 0 Å². The molecule has 49 heavy (non-hydrogen) atoms. The van der Waals surface area contributed by atoms with E-state index in [1.807, 2.05) is 0 Å². The average Bonchev–Trinajstić information content (AvgIpc) is 3.37. The minimum atomic E-state index is -6.27. The Morgan fingerprint density at radius 2 is 1.14 bits per heavy atom. The monoisotopic (exact) mass is 766 g/mol. The molecule has 23 heteroatoms. The predicted octanol–water partition coefficient (Wildman–Crippen LogP) is 6.17. The van der Waals surface area contributed by atoms with Gasteiger partial charge in [0.05, 0.1) is 64.3 Å². The van der Waals surface area contributed by atoms with Crippen LogP contribution in [-0.2, 0) is 18.9 Å². The van der Waals surface area contributed by atoms with Gasteiger partial charge in [-0.1, -0.05) is 0 Å². The van der Waals surface area contributed by atoms with Gasteiger partial charge in [0.25, 0.3) is 29.6 Å². The lowest BCUT2D eigenvalue weighted by atomic mass is 9.99. The molecular weight excluding hydrogens is 725 g/mol. The largest absolute Gasteiger partial charge is 0.453 e. The highest BCUT2D eigenvalue weighted by atomic mass is 19.4. The molecule has 1 aliphatic heterocycles. The Balaban J connectivity index is 0. The molecule has 4 N–H and O–H groups in total. The summed E-state index contributed by atoms with van der Waals surface area (Å²) in [5.74, 6) is -26.7. The molecule has 1 aliphatic rings. The van der Waals surface area contributed by atoms with Gasteiger partial charge in [0, 0.05) is 27.1 Å². The second kappa shape index (κ2) is 20.6. The van der Waals surface area contributed by atoms with Gasteiger partial charge in [-0.15, -0.1) is 0 Å². The van der Waals surface area contributed by atoms with Gasteiger partial charge >= 0.3 is 12.1 Å². The molecule has 0 spiro atoms. The Kier molecular flexibility index (Phi) is 20.9. The van der Waals surface area contributed by atoms with Gasteiger partial charge in [-0.25, -0.2) is 43.9 Å². The first-order chi connectivity index (χ1) is 21.9. The van der Waals surface area contributed by atoms with Crippen LogP contribution < -0.4 is 0 Å². The van der Waals surface area contributed by atoms with Crippen molar-refractivity contribution in [2.45, 2.75) is 125 Å². The van der Waals surface area contributed by atoms with E-state index in [0.29, 0.717) is 0 Å². The van der Waals surface area contributed by atoms with Gasteiger partial charge in [0.2, 0.25) is 0 Å². The zero-order valence-corrected chi connectivity index (χ0v) is 26.4. The van der Waals surface area contributed by atoms with Crippen molar-refractivity contribution in [1.82, 2.24) is 0 Å². The molecule has 298 valence electrons. The SMILES string of the molecule is CC(F)(F)CC(F)(F)CC(F)(F)CCC1COC(CO)O1.COC(CO)OC.OCC(O)CCC(F)(F)CC(F)(F)CC(F)(F)C(F)(F)F. The molecule has 3 unspecified atom stereocenters. The minimum Gasteiger partial charge on any atom is -0.394 e. The molecule has 1 heterocycles. The molecule has 3 atom stereocenters. The van der Waals surface area contributed by atoms with Crippen LogP contribution >= 0.6 is 0 Å². The van der Waals surface area contributed by atoms with Gasteiger partial charge in [-0.2, -0.15) is 22.0 Å². The number of hydrogen-bond donors (Lipinski definition) is 4. The van der Waals surface area contributed by atoms with E-state index in [1.165, 1.54) is 14.2 Å². The Labute approximate surface area is 271 Å². The van der Waals surface area contributed by atoms with Gasteiger partial charge < -0.3 is 39.4 Å². The molecule has 8 nitrogen and oxygen atoms in total. The normalized spacial score (nSPS) is 18.9. The molecule has 1 saturated heterocycles. The van der Waals surface area contributed by atoms with Crippen molar-refractivity contribution in [3.63, 3.8) is 0 Å². The maximum absolute atomic E-state index is 13.5. The van der Waals surface area contributed by atoms with E-state index in [0.717, 1.165) is 0 Å². The van der Waals surface area contributed by atoms with Crippen molar-refractivity contribution in [2.24, 2.45) is 0 Å². The Morgan fingerprint density at radius 1 is 0.673 bits per heavy atom. The molecule has 0 saturated carbocycles. The highest BCUT2D eigenvalue weighted by Crippen LogP contribution is 2.46. The molecule has 0 bridgehead atoms. The van der Waals surface area contributed by atoms with Crippen LogP contribution in [0.15, 0.2) is 0 Å². The van der Waals surface area contributed by atoms with Gasteiger partial charge in [-0.3, -0.25) is 0 Å². The summed E-state index contributed by atoms with van der Waals surface area (Å²) in [4.78, 5) is 0. The quantitative estimate of drug-likeness (QED) is 0.0912. The lowest BCUT2D eigenvalue weighted by Crippen LogP contribution is -2.43. The summed E-state index contributed by atoms with van der Waals surface area (Å²) in [7, 11) is 2.95. The first-order valence-corrected chi connectivity index (χ1v) is 14.1. The number of aliphatic hydroxyl groups excluding tert-OH is 4. The fourth-order valence-electron chi connectivity index (χ4n) is 3.78. The number of aliphatic hydroxyl groups is 4. The van der Waals surface area contributed by atoms with E-state index >= 15 is 0 Å². The third-order valence-electron chi connectivity index (χ3n) is 6.02. The number of methoxy groups -OCH3 is 2. The van der Waals surface area contributed by atoms with E-state index in [2.05, 4.69) is 9.47 Å². The summed E-state index contributed by atoms with van der Waals surface area (Å²) in [6.07, 6.45) is -22.8. The van der Waals surface area contributed by atoms with Crippen molar-refractivity contribution in [3.8, 4) is 0 Å². The zero-order valence-electron chi connectivity index (χ0n) is 26.4. The van der Waals surface area contributed by atoms with Crippen molar-refractivity contribution in [3.05, 3.63) is 0 Å². The lowest BCUT2D eigenvalue weighted by molar-refractivity contribution is -0.304. The molecule has 0 radical (unpaired) electrons. The highest BCUT2D eigenvalue weighted by Gasteiger charge is 2.62. The highest BCUT2D eigenvalue weighted by molar-refractivity contribution is 4.87. The van der Waals surface area contributed by atoms with Crippen LogP contribution in [0.1, 0.15) is 58.3 Å². The van der Waals surface area contributed by atoms with Gasteiger partial charge in [0.15, 0.2) is 12.6 Å². The fourth-order valence-corrected chi connectivity index (χ4v) is 3.78. The van der Waals surface area contributed by atoms with Crippen molar-refractivity contribution < 1.29 is 105 Å². The number of ether oxygens (including phenoxy) is 4. The van der Waals surface area contributed by atoms with Gasteiger partial charge in [-0.05, 0) is 19.8 Å². The number of halogens is 15. The third kappa shape index (κ3) is 23.7. The Bertz CT molecular complexity index is 880. The number of rotatable bonds is 19.